The van der Waals surface area contributed by atoms with E-state index in [4.69, 9.17) is 0 Å². The fourth-order valence-corrected chi connectivity index (χ4v) is 4.39. The summed E-state index contributed by atoms with van der Waals surface area (Å²) in [6.45, 7) is 1.31. The van der Waals surface area contributed by atoms with Gasteiger partial charge < -0.3 is 10.2 Å². The molecule has 0 fully saturated rings. The highest BCUT2D eigenvalue weighted by Gasteiger charge is 2.45. The largest absolute Gasteiger partial charge is 0.323 e. The Bertz CT molecular complexity index is 1460. The van der Waals surface area contributed by atoms with Gasteiger partial charge in [-0.2, -0.15) is 0 Å². The van der Waals surface area contributed by atoms with E-state index in [1.165, 1.54) is 55.5 Å². The maximum Gasteiger partial charge on any atom is 0.263 e. The highest BCUT2D eigenvalue weighted by atomic mass is 19.1. The number of amides is 2. The van der Waals surface area contributed by atoms with Crippen LogP contribution in [0.2, 0.25) is 0 Å². The second-order valence-corrected chi connectivity index (χ2v) is 8.18. The number of nitrogens with zero attached hydrogens (tertiary/aromatic N) is 3. The van der Waals surface area contributed by atoms with Crippen LogP contribution in [0.3, 0.4) is 0 Å². The van der Waals surface area contributed by atoms with Crippen LogP contribution >= 0.6 is 0 Å². The van der Waals surface area contributed by atoms with Crippen LogP contribution in [0, 0.1) is 17.5 Å². The van der Waals surface area contributed by atoms with E-state index in [1.54, 1.807) is 4.90 Å². The molecule has 182 valence electrons. The molecule has 7 nitrogen and oxygen atoms in total. The number of hydrogen-bond acceptors (Lipinski definition) is 5. The molecule has 36 heavy (non-hydrogen) atoms. The highest BCUT2D eigenvalue weighted by molar-refractivity contribution is 6.26. The Kier molecular flexibility index (Phi) is 5.71. The predicted molar refractivity (Wildman–Crippen MR) is 127 cm³/mol. The fourth-order valence-electron chi connectivity index (χ4n) is 4.39. The van der Waals surface area contributed by atoms with Crippen molar-refractivity contribution >= 4 is 40.3 Å². The molecule has 0 bridgehead atoms. The van der Waals surface area contributed by atoms with E-state index in [0.717, 1.165) is 28.2 Å². The molecule has 5 rings (SSSR count). The van der Waals surface area contributed by atoms with Gasteiger partial charge in [0.1, 0.15) is 34.5 Å². The van der Waals surface area contributed by atoms with Gasteiger partial charge in [0.2, 0.25) is 5.91 Å². The molecule has 2 aliphatic heterocycles. The molecule has 0 aromatic heterocycles. The van der Waals surface area contributed by atoms with Crippen molar-refractivity contribution in [3.8, 4) is 0 Å². The van der Waals surface area contributed by atoms with Crippen molar-refractivity contribution in [3.05, 3.63) is 95.6 Å². The topological polar surface area (TPSA) is 73.0 Å². The van der Waals surface area contributed by atoms with Crippen molar-refractivity contribution in [2.75, 3.05) is 26.8 Å². The molecule has 0 saturated heterocycles. The second kappa shape index (κ2) is 8.88. The van der Waals surface area contributed by atoms with Crippen LogP contribution in [0.15, 0.2) is 78.1 Å². The Morgan fingerprint density at radius 2 is 1.61 bits per heavy atom. The number of benzene rings is 3. The average molecular weight is 492 g/mol. The molecule has 2 heterocycles. The Labute approximate surface area is 204 Å². The first-order valence-corrected chi connectivity index (χ1v) is 11.0. The summed E-state index contributed by atoms with van der Waals surface area (Å²) in [5.41, 5.74) is -0.136. The number of halogens is 3. The minimum atomic E-state index is -0.917. The molecule has 2 aliphatic rings. The summed E-state index contributed by atoms with van der Waals surface area (Å²) in [7, 11) is 0. The van der Waals surface area contributed by atoms with E-state index in [9.17, 15) is 27.6 Å². The summed E-state index contributed by atoms with van der Waals surface area (Å²) < 4.78 is 43.5. The van der Waals surface area contributed by atoms with Crippen LogP contribution < -0.4 is 20.2 Å². The maximum absolute atomic E-state index is 14.9. The molecular weight excluding hydrogens is 473 g/mol. The summed E-state index contributed by atoms with van der Waals surface area (Å²) in [5, 5.41) is 4.51. The fraction of sp³-hybridized carbons (Fsp3) is 0.115. The molecule has 2 amide bonds. The van der Waals surface area contributed by atoms with Gasteiger partial charge in [-0.1, -0.05) is 24.3 Å². The van der Waals surface area contributed by atoms with Crippen molar-refractivity contribution in [2.45, 2.75) is 13.3 Å². The van der Waals surface area contributed by atoms with Gasteiger partial charge in [0.05, 0.1) is 17.1 Å². The Morgan fingerprint density at radius 1 is 0.917 bits per heavy atom. The molecule has 10 heteroatoms. The zero-order valence-corrected chi connectivity index (χ0v) is 19.0. The monoisotopic (exact) mass is 492 g/mol. The molecule has 0 radical (unpaired) electrons. The minimum Gasteiger partial charge on any atom is -0.323 e. The van der Waals surface area contributed by atoms with E-state index in [1.807, 2.05) is 0 Å². The maximum atomic E-state index is 14.9. The standard InChI is InChI=1S/C26H19F3N4O3/c1-15(34)32(20-9-5-3-7-18(20)29)33-22-14-16(27)10-11-21(22)31-13-12-23(35)24(26(31)33)25(36)30-19-8-4-2-6-17(19)28/h2-11,14H,12-13H2,1H3,(H,30,36). The number of Topliss-reactive ketones (excluding diaryl/α,β-unsaturated/α-hetero) is 1. The smallest absolute Gasteiger partial charge is 0.263 e. The number of para-hydroxylation sites is 2. The summed E-state index contributed by atoms with van der Waals surface area (Å²) in [5.74, 6) is -4.28. The van der Waals surface area contributed by atoms with E-state index in [2.05, 4.69) is 5.32 Å². The number of nitrogens with one attached hydrogen (secondary N) is 1. The average Bonchev–Trinajstić information content (AvgIpc) is 3.14. The van der Waals surface area contributed by atoms with E-state index >= 15 is 0 Å². The summed E-state index contributed by atoms with van der Waals surface area (Å²) in [4.78, 5) is 40.9. The lowest BCUT2D eigenvalue weighted by molar-refractivity contribution is -0.121. The first kappa shape index (κ1) is 23.2. The number of carbonyl (C=O) groups is 3. The quantitative estimate of drug-likeness (QED) is 0.543. The van der Waals surface area contributed by atoms with Gasteiger partial charge in [-0.3, -0.25) is 14.4 Å². The van der Waals surface area contributed by atoms with Gasteiger partial charge in [-0.05, 0) is 36.4 Å². The minimum absolute atomic E-state index is 0.0563. The third-order valence-electron chi connectivity index (χ3n) is 5.91. The predicted octanol–water partition coefficient (Wildman–Crippen LogP) is 4.52. The van der Waals surface area contributed by atoms with Gasteiger partial charge in [0.25, 0.3) is 5.91 Å². The lowest BCUT2D eigenvalue weighted by Crippen LogP contribution is -2.50. The Balaban J connectivity index is 1.74. The van der Waals surface area contributed by atoms with Crippen molar-refractivity contribution in [1.29, 1.82) is 0 Å². The van der Waals surface area contributed by atoms with Gasteiger partial charge in [-0.15, -0.1) is 0 Å². The van der Waals surface area contributed by atoms with Crippen LogP contribution in [0.1, 0.15) is 13.3 Å². The number of rotatable bonds is 4. The van der Waals surface area contributed by atoms with Gasteiger partial charge >= 0.3 is 0 Å². The molecule has 1 N–H and O–H groups in total. The SMILES string of the molecule is CC(=O)N(c1ccccc1F)N1C2=C(C(=O)Nc3ccccc3F)C(=O)CCN2c2ccc(F)cc21. The van der Waals surface area contributed by atoms with Gasteiger partial charge in [-0.25, -0.2) is 23.2 Å². The van der Waals surface area contributed by atoms with Gasteiger partial charge in [0.15, 0.2) is 5.78 Å². The van der Waals surface area contributed by atoms with Crippen LogP contribution in [-0.2, 0) is 14.4 Å². The summed E-state index contributed by atoms with van der Waals surface area (Å²) >= 11 is 0. The van der Waals surface area contributed by atoms with E-state index in [-0.39, 0.29) is 41.4 Å². The van der Waals surface area contributed by atoms with Crippen LogP contribution in [0.5, 0.6) is 0 Å². The van der Waals surface area contributed by atoms with Crippen LogP contribution in [0.4, 0.5) is 35.9 Å². The first-order valence-electron chi connectivity index (χ1n) is 11.0. The molecule has 3 aromatic carbocycles. The van der Waals surface area contributed by atoms with Crippen molar-refractivity contribution in [2.24, 2.45) is 0 Å². The Morgan fingerprint density at radius 3 is 2.31 bits per heavy atom. The number of ketones is 1. The molecule has 0 saturated carbocycles. The zero-order valence-electron chi connectivity index (χ0n) is 19.0. The third-order valence-corrected chi connectivity index (χ3v) is 5.91. The number of hydrazine groups is 1. The first-order chi connectivity index (χ1) is 17.3. The van der Waals surface area contributed by atoms with E-state index in [0.29, 0.717) is 5.69 Å². The number of fused-ring (bicyclic) bond motifs is 3. The molecule has 0 atom stereocenters. The molecular formula is C26H19F3N4O3. The highest BCUT2D eigenvalue weighted by Crippen LogP contribution is 2.47. The molecule has 0 spiro atoms. The zero-order chi connectivity index (χ0) is 25.6. The molecule has 0 aliphatic carbocycles. The number of carbonyl (C=O) groups excluding carboxylic acids is 3. The number of anilines is 4. The van der Waals surface area contributed by atoms with Crippen molar-refractivity contribution < 1.29 is 27.6 Å². The molecule has 3 aromatic rings. The van der Waals surface area contributed by atoms with Crippen LogP contribution in [-0.4, -0.2) is 24.1 Å². The van der Waals surface area contributed by atoms with Crippen molar-refractivity contribution in [1.82, 2.24) is 0 Å². The van der Waals surface area contributed by atoms with Gasteiger partial charge in [0, 0.05) is 26.0 Å². The lowest BCUT2D eigenvalue weighted by Gasteiger charge is -2.37. The van der Waals surface area contributed by atoms with Crippen LogP contribution in [0.25, 0.3) is 0 Å². The number of hydrogen-bond donors (Lipinski definition) is 1. The molecule has 0 unspecified atom stereocenters. The lowest BCUT2D eigenvalue weighted by atomic mass is 10.0. The summed E-state index contributed by atoms with van der Waals surface area (Å²) in [6.07, 6.45) is -0.0616. The third kappa shape index (κ3) is 3.76. The summed E-state index contributed by atoms with van der Waals surface area (Å²) in [6, 6.07) is 14.7. The van der Waals surface area contributed by atoms with E-state index < -0.39 is 35.0 Å². The normalized spacial score (nSPS) is 14.5. The van der Waals surface area contributed by atoms with Crippen molar-refractivity contribution in [3.63, 3.8) is 0 Å². The Hall–Kier alpha value is -4.60. The second-order valence-electron chi connectivity index (χ2n) is 8.18.